The molecule has 0 saturated carbocycles. The van der Waals surface area contributed by atoms with Crippen molar-refractivity contribution in [2.45, 2.75) is 13.5 Å². The Hall–Kier alpha value is -3.48. The topological polar surface area (TPSA) is 83.6 Å². The van der Waals surface area contributed by atoms with E-state index in [0.717, 1.165) is 41.1 Å². The Balaban J connectivity index is 1.48. The highest BCUT2D eigenvalue weighted by atomic mass is 16.5. The van der Waals surface area contributed by atoms with E-state index >= 15 is 0 Å². The summed E-state index contributed by atoms with van der Waals surface area (Å²) in [6.45, 7) is 4.42. The SMILES string of the molecule is CCNC(=NCc1ncc(-c2ccccc2)[nH]1)NCCOc1ccc(OC)cc1. The Bertz CT molecular complexity index is 891. The Labute approximate surface area is 171 Å². The predicted octanol–water partition coefficient (Wildman–Crippen LogP) is 3.22. The van der Waals surface area contributed by atoms with Crippen molar-refractivity contribution < 1.29 is 9.47 Å². The number of hydrogen-bond donors (Lipinski definition) is 3. The quantitative estimate of drug-likeness (QED) is 0.295. The van der Waals surface area contributed by atoms with Crippen LogP contribution in [0.3, 0.4) is 0 Å². The lowest BCUT2D eigenvalue weighted by atomic mass is 10.2. The van der Waals surface area contributed by atoms with Crippen LogP contribution in [0.25, 0.3) is 11.3 Å². The molecular formula is C22H27N5O2. The number of imidazole rings is 1. The average molecular weight is 393 g/mol. The molecule has 1 aromatic heterocycles. The highest BCUT2D eigenvalue weighted by Gasteiger charge is 2.03. The summed E-state index contributed by atoms with van der Waals surface area (Å²) in [5.74, 6) is 3.16. The fourth-order valence-corrected chi connectivity index (χ4v) is 2.71. The average Bonchev–Trinajstić information content (AvgIpc) is 3.25. The summed E-state index contributed by atoms with van der Waals surface area (Å²) in [4.78, 5) is 12.3. The summed E-state index contributed by atoms with van der Waals surface area (Å²) >= 11 is 0. The maximum atomic E-state index is 5.73. The van der Waals surface area contributed by atoms with Crippen LogP contribution in [0.4, 0.5) is 0 Å². The lowest BCUT2D eigenvalue weighted by molar-refractivity contribution is 0.321. The van der Waals surface area contributed by atoms with Gasteiger partial charge in [0, 0.05) is 6.54 Å². The number of ether oxygens (including phenoxy) is 2. The molecule has 0 radical (unpaired) electrons. The fourth-order valence-electron chi connectivity index (χ4n) is 2.71. The van der Waals surface area contributed by atoms with Crippen molar-refractivity contribution in [1.29, 1.82) is 0 Å². The van der Waals surface area contributed by atoms with Crippen LogP contribution in [-0.4, -0.2) is 42.7 Å². The third kappa shape index (κ3) is 6.27. The number of aliphatic imine (C=N–C) groups is 1. The van der Waals surface area contributed by atoms with E-state index in [-0.39, 0.29) is 0 Å². The van der Waals surface area contributed by atoms with Gasteiger partial charge in [-0.25, -0.2) is 9.98 Å². The molecule has 0 bridgehead atoms. The van der Waals surface area contributed by atoms with Crippen LogP contribution < -0.4 is 20.1 Å². The van der Waals surface area contributed by atoms with Crippen molar-refractivity contribution in [1.82, 2.24) is 20.6 Å². The van der Waals surface area contributed by atoms with Gasteiger partial charge in [-0.15, -0.1) is 0 Å². The molecule has 2 aromatic carbocycles. The van der Waals surface area contributed by atoms with E-state index in [9.17, 15) is 0 Å². The predicted molar refractivity (Wildman–Crippen MR) is 115 cm³/mol. The van der Waals surface area contributed by atoms with Crippen LogP contribution in [0.15, 0.2) is 65.8 Å². The number of methoxy groups -OCH3 is 1. The summed E-state index contributed by atoms with van der Waals surface area (Å²) in [7, 11) is 1.65. The molecule has 0 spiro atoms. The van der Waals surface area contributed by atoms with Gasteiger partial charge < -0.3 is 25.1 Å². The zero-order chi connectivity index (χ0) is 20.3. The normalized spacial score (nSPS) is 11.2. The molecule has 152 valence electrons. The molecule has 0 fully saturated rings. The molecule has 7 nitrogen and oxygen atoms in total. The molecule has 1 heterocycles. The molecule has 0 aliphatic carbocycles. The number of aromatic nitrogens is 2. The first-order valence-electron chi connectivity index (χ1n) is 9.67. The van der Waals surface area contributed by atoms with Crippen molar-refractivity contribution in [3.63, 3.8) is 0 Å². The van der Waals surface area contributed by atoms with Gasteiger partial charge in [-0.1, -0.05) is 30.3 Å². The molecule has 7 heteroatoms. The van der Waals surface area contributed by atoms with Gasteiger partial charge in [0.1, 0.15) is 30.5 Å². The van der Waals surface area contributed by atoms with E-state index in [1.807, 2.05) is 55.6 Å². The number of aromatic amines is 1. The molecule has 3 N–H and O–H groups in total. The van der Waals surface area contributed by atoms with Gasteiger partial charge in [0.05, 0.1) is 25.5 Å². The highest BCUT2D eigenvalue weighted by molar-refractivity contribution is 5.79. The minimum atomic E-state index is 0.460. The second-order valence-electron chi connectivity index (χ2n) is 6.26. The smallest absolute Gasteiger partial charge is 0.191 e. The third-order valence-corrected chi connectivity index (χ3v) is 4.17. The van der Waals surface area contributed by atoms with Crippen LogP contribution in [0.5, 0.6) is 11.5 Å². The standard InChI is InChI=1S/C22H27N5O2/c1-3-23-22(24-13-14-29-19-11-9-18(28-2)10-12-19)26-16-21-25-15-20(27-21)17-7-5-4-6-8-17/h4-12,15H,3,13-14,16H2,1-2H3,(H,25,27)(H2,23,24,26). The number of benzene rings is 2. The first-order valence-corrected chi connectivity index (χ1v) is 9.67. The maximum Gasteiger partial charge on any atom is 0.191 e. The van der Waals surface area contributed by atoms with Crippen LogP contribution in [0.2, 0.25) is 0 Å². The van der Waals surface area contributed by atoms with Crippen LogP contribution in [-0.2, 0) is 6.54 Å². The minimum absolute atomic E-state index is 0.460. The number of H-pyrrole nitrogens is 1. The van der Waals surface area contributed by atoms with Crippen LogP contribution >= 0.6 is 0 Å². The van der Waals surface area contributed by atoms with E-state index in [2.05, 4.69) is 37.7 Å². The molecule has 0 amide bonds. The molecule has 0 aliphatic heterocycles. The van der Waals surface area contributed by atoms with E-state index in [1.54, 1.807) is 7.11 Å². The molecule has 0 aliphatic rings. The number of rotatable bonds is 9. The van der Waals surface area contributed by atoms with Gasteiger partial charge in [-0.05, 0) is 36.8 Å². The second-order valence-corrected chi connectivity index (χ2v) is 6.26. The van der Waals surface area contributed by atoms with E-state index in [0.29, 0.717) is 19.7 Å². The van der Waals surface area contributed by atoms with Gasteiger partial charge in [0.25, 0.3) is 0 Å². The fraction of sp³-hybridized carbons (Fsp3) is 0.273. The number of nitrogens with zero attached hydrogens (tertiary/aromatic N) is 2. The molecular weight excluding hydrogens is 366 g/mol. The number of nitrogens with one attached hydrogen (secondary N) is 3. The maximum absolute atomic E-state index is 5.73. The van der Waals surface area contributed by atoms with Crippen LogP contribution in [0, 0.1) is 0 Å². The van der Waals surface area contributed by atoms with Crippen molar-refractivity contribution in [2.75, 3.05) is 26.8 Å². The summed E-state index contributed by atoms with van der Waals surface area (Å²) in [5.41, 5.74) is 2.09. The van der Waals surface area contributed by atoms with Gasteiger partial charge >= 0.3 is 0 Å². The van der Waals surface area contributed by atoms with Crippen LogP contribution in [0.1, 0.15) is 12.7 Å². The summed E-state index contributed by atoms with van der Waals surface area (Å²) in [6, 6.07) is 17.6. The van der Waals surface area contributed by atoms with Crippen molar-refractivity contribution in [3.05, 3.63) is 66.6 Å². The third-order valence-electron chi connectivity index (χ3n) is 4.17. The van der Waals surface area contributed by atoms with Gasteiger partial charge in [0.15, 0.2) is 5.96 Å². The van der Waals surface area contributed by atoms with Crippen molar-refractivity contribution in [3.8, 4) is 22.8 Å². The first-order chi connectivity index (χ1) is 14.3. The lowest BCUT2D eigenvalue weighted by Crippen LogP contribution is -2.39. The summed E-state index contributed by atoms with van der Waals surface area (Å²) in [5, 5.41) is 6.50. The Morgan fingerprint density at radius 1 is 1.03 bits per heavy atom. The van der Waals surface area contributed by atoms with E-state index in [1.165, 1.54) is 0 Å². The largest absolute Gasteiger partial charge is 0.497 e. The summed E-state index contributed by atoms with van der Waals surface area (Å²) in [6.07, 6.45) is 1.84. The molecule has 3 rings (SSSR count). The monoisotopic (exact) mass is 393 g/mol. The highest BCUT2D eigenvalue weighted by Crippen LogP contribution is 2.17. The Morgan fingerprint density at radius 2 is 1.79 bits per heavy atom. The Kier molecular flexibility index (Phi) is 7.51. The van der Waals surface area contributed by atoms with Crippen molar-refractivity contribution >= 4 is 5.96 Å². The molecule has 0 saturated heterocycles. The number of guanidine groups is 1. The van der Waals surface area contributed by atoms with Crippen molar-refractivity contribution in [2.24, 2.45) is 4.99 Å². The molecule has 0 atom stereocenters. The minimum Gasteiger partial charge on any atom is -0.497 e. The van der Waals surface area contributed by atoms with E-state index < -0.39 is 0 Å². The second kappa shape index (κ2) is 10.8. The van der Waals surface area contributed by atoms with Gasteiger partial charge in [-0.3, -0.25) is 0 Å². The zero-order valence-electron chi connectivity index (χ0n) is 16.8. The van der Waals surface area contributed by atoms with Gasteiger partial charge in [0.2, 0.25) is 0 Å². The zero-order valence-corrected chi connectivity index (χ0v) is 16.8. The number of hydrogen-bond acceptors (Lipinski definition) is 4. The molecule has 29 heavy (non-hydrogen) atoms. The first kappa shape index (κ1) is 20.3. The molecule has 0 unspecified atom stereocenters. The van der Waals surface area contributed by atoms with Gasteiger partial charge in [-0.2, -0.15) is 0 Å². The Morgan fingerprint density at radius 3 is 2.52 bits per heavy atom. The summed E-state index contributed by atoms with van der Waals surface area (Å²) < 4.78 is 10.9. The lowest BCUT2D eigenvalue weighted by Gasteiger charge is -2.12. The van der Waals surface area contributed by atoms with E-state index in [4.69, 9.17) is 9.47 Å². The molecule has 3 aromatic rings.